The molecule has 1 atom stereocenters. The molecule has 0 saturated carbocycles. The van der Waals surface area contributed by atoms with E-state index in [1.54, 1.807) is 6.07 Å². The van der Waals surface area contributed by atoms with Crippen molar-refractivity contribution in [1.82, 2.24) is 15.5 Å². The summed E-state index contributed by atoms with van der Waals surface area (Å²) < 4.78 is 0. The maximum absolute atomic E-state index is 12.4. The first-order valence-corrected chi connectivity index (χ1v) is 7.52. The standard InChI is InChI=1S/C17H21N3O3/c1-10(2)13-8-15(20-19-13)17(23)18-14(9-16(21)22)12-7-5-4-6-11(12)3/h4-8,10,14H,9H2,1-3H3,(H,18,23)(H,19,20)(H,21,22)/t14-/m1/s1. The molecule has 1 heterocycles. The summed E-state index contributed by atoms with van der Waals surface area (Å²) in [5.74, 6) is -1.12. The predicted octanol–water partition coefficient (Wildman–Crippen LogP) is 2.79. The van der Waals surface area contributed by atoms with Gasteiger partial charge in [0.25, 0.3) is 5.91 Å². The fourth-order valence-corrected chi connectivity index (χ4v) is 2.37. The van der Waals surface area contributed by atoms with E-state index in [-0.39, 0.29) is 23.9 Å². The maximum Gasteiger partial charge on any atom is 0.305 e. The van der Waals surface area contributed by atoms with Gasteiger partial charge in [-0.1, -0.05) is 38.1 Å². The molecule has 2 aromatic rings. The van der Waals surface area contributed by atoms with E-state index in [1.807, 2.05) is 45.0 Å². The van der Waals surface area contributed by atoms with Crippen LogP contribution in [0.25, 0.3) is 0 Å². The zero-order valence-electron chi connectivity index (χ0n) is 13.5. The van der Waals surface area contributed by atoms with Crippen LogP contribution in [0.3, 0.4) is 0 Å². The number of amides is 1. The highest BCUT2D eigenvalue weighted by atomic mass is 16.4. The van der Waals surface area contributed by atoms with E-state index in [0.29, 0.717) is 0 Å². The lowest BCUT2D eigenvalue weighted by atomic mass is 9.98. The molecule has 0 radical (unpaired) electrons. The number of carbonyl (C=O) groups excluding carboxylic acids is 1. The Balaban J connectivity index is 2.21. The minimum absolute atomic E-state index is 0.182. The summed E-state index contributed by atoms with van der Waals surface area (Å²) in [5, 5.41) is 18.7. The summed E-state index contributed by atoms with van der Waals surface area (Å²) in [7, 11) is 0. The van der Waals surface area contributed by atoms with Gasteiger partial charge in [-0.3, -0.25) is 14.7 Å². The average molecular weight is 315 g/mol. The molecule has 6 nitrogen and oxygen atoms in total. The molecular formula is C17H21N3O3. The Morgan fingerprint density at radius 3 is 2.57 bits per heavy atom. The van der Waals surface area contributed by atoms with E-state index in [0.717, 1.165) is 16.8 Å². The van der Waals surface area contributed by atoms with E-state index in [2.05, 4.69) is 15.5 Å². The van der Waals surface area contributed by atoms with Crippen molar-refractivity contribution >= 4 is 11.9 Å². The molecule has 122 valence electrons. The highest BCUT2D eigenvalue weighted by Gasteiger charge is 2.21. The molecule has 0 spiro atoms. The number of carboxylic acid groups (broad SMARTS) is 1. The number of aromatic nitrogens is 2. The molecule has 2 rings (SSSR count). The lowest BCUT2D eigenvalue weighted by Gasteiger charge is -2.18. The average Bonchev–Trinajstić information content (AvgIpc) is 2.96. The van der Waals surface area contributed by atoms with E-state index >= 15 is 0 Å². The van der Waals surface area contributed by atoms with Crippen molar-refractivity contribution in [3.8, 4) is 0 Å². The van der Waals surface area contributed by atoms with Gasteiger partial charge in [0.15, 0.2) is 0 Å². The van der Waals surface area contributed by atoms with Crippen molar-refractivity contribution in [3.63, 3.8) is 0 Å². The van der Waals surface area contributed by atoms with E-state index in [9.17, 15) is 9.59 Å². The van der Waals surface area contributed by atoms with E-state index in [4.69, 9.17) is 5.11 Å². The maximum atomic E-state index is 12.4. The molecule has 3 N–H and O–H groups in total. The number of aryl methyl sites for hydroxylation is 1. The third kappa shape index (κ3) is 4.18. The van der Waals surface area contributed by atoms with Gasteiger partial charge in [-0.2, -0.15) is 5.10 Å². The SMILES string of the molecule is Cc1ccccc1[C@@H](CC(=O)O)NC(=O)c1cc(C(C)C)[nH]n1. The number of H-pyrrole nitrogens is 1. The number of hydrogen-bond donors (Lipinski definition) is 3. The van der Waals surface area contributed by atoms with Gasteiger partial charge in [0, 0.05) is 5.69 Å². The van der Waals surface area contributed by atoms with Crippen LogP contribution < -0.4 is 5.32 Å². The first-order chi connectivity index (χ1) is 10.9. The first kappa shape index (κ1) is 16.7. The van der Waals surface area contributed by atoms with Gasteiger partial charge in [-0.25, -0.2) is 0 Å². The molecule has 0 aliphatic heterocycles. The number of aromatic amines is 1. The monoisotopic (exact) mass is 315 g/mol. The molecule has 0 aliphatic rings. The molecule has 0 aliphatic carbocycles. The summed E-state index contributed by atoms with van der Waals surface area (Å²) in [6.07, 6.45) is -0.182. The highest BCUT2D eigenvalue weighted by molar-refractivity contribution is 5.93. The quantitative estimate of drug-likeness (QED) is 0.764. The van der Waals surface area contributed by atoms with Gasteiger partial charge in [0.05, 0.1) is 12.5 Å². The second kappa shape index (κ2) is 7.09. The number of carboxylic acids is 1. The topological polar surface area (TPSA) is 95.1 Å². The lowest BCUT2D eigenvalue weighted by molar-refractivity contribution is -0.137. The van der Waals surface area contributed by atoms with Crippen LogP contribution in [0.15, 0.2) is 30.3 Å². The molecule has 1 aromatic carbocycles. The van der Waals surface area contributed by atoms with Crippen molar-refractivity contribution in [2.45, 2.75) is 39.2 Å². The van der Waals surface area contributed by atoms with Gasteiger partial charge < -0.3 is 10.4 Å². The molecule has 0 saturated heterocycles. The summed E-state index contributed by atoms with van der Waals surface area (Å²) in [5.41, 5.74) is 2.85. The molecule has 0 bridgehead atoms. The smallest absolute Gasteiger partial charge is 0.305 e. The zero-order chi connectivity index (χ0) is 17.0. The van der Waals surface area contributed by atoms with Crippen LogP contribution in [0, 0.1) is 6.92 Å². The lowest BCUT2D eigenvalue weighted by Crippen LogP contribution is -2.31. The third-order valence-electron chi connectivity index (χ3n) is 3.70. The Kier molecular flexibility index (Phi) is 5.16. The number of nitrogens with one attached hydrogen (secondary N) is 2. The van der Waals surface area contributed by atoms with E-state index in [1.165, 1.54) is 0 Å². The first-order valence-electron chi connectivity index (χ1n) is 7.52. The summed E-state index contributed by atoms with van der Waals surface area (Å²) in [4.78, 5) is 23.5. The van der Waals surface area contributed by atoms with Gasteiger partial charge in [-0.05, 0) is 30.0 Å². The van der Waals surface area contributed by atoms with E-state index < -0.39 is 12.0 Å². The fraction of sp³-hybridized carbons (Fsp3) is 0.353. The van der Waals surface area contributed by atoms with Gasteiger partial charge in [-0.15, -0.1) is 0 Å². The van der Waals surface area contributed by atoms with Crippen LogP contribution in [0.5, 0.6) is 0 Å². The van der Waals surface area contributed by atoms with Gasteiger partial charge >= 0.3 is 5.97 Å². The van der Waals surface area contributed by atoms with Crippen molar-refractivity contribution in [1.29, 1.82) is 0 Å². The summed E-state index contributed by atoms with van der Waals surface area (Å²) >= 11 is 0. The number of hydrogen-bond acceptors (Lipinski definition) is 3. The van der Waals surface area contributed by atoms with Crippen LogP contribution in [-0.2, 0) is 4.79 Å². The fourth-order valence-electron chi connectivity index (χ4n) is 2.37. The van der Waals surface area contributed by atoms with Crippen LogP contribution in [-0.4, -0.2) is 27.2 Å². The van der Waals surface area contributed by atoms with Gasteiger partial charge in [0.2, 0.25) is 0 Å². The largest absolute Gasteiger partial charge is 0.481 e. The number of benzene rings is 1. The van der Waals surface area contributed by atoms with Gasteiger partial charge in [0.1, 0.15) is 5.69 Å². The van der Waals surface area contributed by atoms with Crippen molar-refractivity contribution in [2.75, 3.05) is 0 Å². The molecule has 6 heteroatoms. The zero-order valence-corrected chi connectivity index (χ0v) is 13.5. The van der Waals surface area contributed by atoms with Crippen LogP contribution >= 0.6 is 0 Å². The predicted molar refractivity (Wildman–Crippen MR) is 86.3 cm³/mol. The van der Waals surface area contributed by atoms with Crippen LogP contribution in [0.2, 0.25) is 0 Å². The molecule has 1 aromatic heterocycles. The van der Waals surface area contributed by atoms with Crippen molar-refractivity contribution in [2.24, 2.45) is 0 Å². The summed E-state index contributed by atoms with van der Waals surface area (Å²) in [6.45, 7) is 5.88. The van der Waals surface area contributed by atoms with Crippen molar-refractivity contribution < 1.29 is 14.7 Å². The Morgan fingerprint density at radius 2 is 2.00 bits per heavy atom. The minimum Gasteiger partial charge on any atom is -0.481 e. The highest BCUT2D eigenvalue weighted by Crippen LogP contribution is 2.21. The molecule has 1 amide bonds. The van der Waals surface area contributed by atoms with Crippen LogP contribution in [0.4, 0.5) is 0 Å². The summed E-state index contributed by atoms with van der Waals surface area (Å²) in [6, 6.07) is 8.51. The Labute approximate surface area is 134 Å². The second-order valence-electron chi connectivity index (χ2n) is 5.84. The molecule has 0 fully saturated rings. The Hall–Kier alpha value is -2.63. The van der Waals surface area contributed by atoms with Crippen molar-refractivity contribution in [3.05, 3.63) is 52.8 Å². The molecular weight excluding hydrogens is 294 g/mol. The Morgan fingerprint density at radius 1 is 1.30 bits per heavy atom. The second-order valence-corrected chi connectivity index (χ2v) is 5.84. The molecule has 0 unspecified atom stereocenters. The molecule has 23 heavy (non-hydrogen) atoms. The van der Waals surface area contributed by atoms with Crippen LogP contribution in [0.1, 0.15) is 59.5 Å². The normalized spacial score (nSPS) is 12.2. The Bertz CT molecular complexity index is 707. The minimum atomic E-state index is -0.969. The third-order valence-corrected chi connectivity index (χ3v) is 3.70. The number of carbonyl (C=O) groups is 2. The number of aliphatic carboxylic acids is 1. The number of rotatable bonds is 6. The number of nitrogens with zero attached hydrogens (tertiary/aromatic N) is 1.